The third-order valence-corrected chi connectivity index (χ3v) is 5.06. The zero-order valence-electron chi connectivity index (χ0n) is 15.5. The van der Waals surface area contributed by atoms with Gasteiger partial charge in [0.1, 0.15) is 6.54 Å². The van der Waals surface area contributed by atoms with E-state index in [2.05, 4.69) is 24.0 Å². The second-order valence-corrected chi connectivity index (χ2v) is 7.29. The molecule has 3 rings (SSSR count). The lowest BCUT2D eigenvalue weighted by Crippen LogP contribution is -2.24. The van der Waals surface area contributed by atoms with Crippen LogP contribution < -0.4 is 0 Å². The van der Waals surface area contributed by atoms with Crippen molar-refractivity contribution in [2.24, 2.45) is 0 Å². The van der Waals surface area contributed by atoms with Crippen LogP contribution in [0.5, 0.6) is 0 Å². The maximum absolute atomic E-state index is 12.1. The van der Waals surface area contributed by atoms with Crippen molar-refractivity contribution in [3.63, 3.8) is 0 Å². The molecular weight excluding hydrogens is 366 g/mol. The second kappa shape index (κ2) is 8.39. The smallest absolute Gasteiger partial charge is 0.333 e. The van der Waals surface area contributed by atoms with Crippen LogP contribution in [0.25, 0.3) is 11.4 Å². The quantitative estimate of drug-likeness (QED) is 0.555. The number of benzene rings is 1. The second-order valence-electron chi connectivity index (χ2n) is 6.29. The average Bonchev–Trinajstić information content (AvgIpc) is 3.24. The molecule has 8 heteroatoms. The van der Waals surface area contributed by atoms with Crippen LogP contribution in [-0.2, 0) is 20.9 Å². The highest BCUT2D eigenvalue weighted by Gasteiger charge is 2.29. The summed E-state index contributed by atoms with van der Waals surface area (Å²) in [7, 11) is 0. The van der Waals surface area contributed by atoms with Crippen LogP contribution >= 0.6 is 11.8 Å². The molecule has 27 heavy (non-hydrogen) atoms. The average molecular weight is 387 g/mol. The molecular formula is C19H21N3O4S. The maximum Gasteiger partial charge on any atom is 0.333 e. The Morgan fingerprint density at radius 1 is 1.37 bits per heavy atom. The van der Waals surface area contributed by atoms with Gasteiger partial charge in [-0.05, 0) is 18.4 Å². The largest absolute Gasteiger partial charge is 0.463 e. The van der Waals surface area contributed by atoms with Gasteiger partial charge in [-0.15, -0.1) is 0 Å². The van der Waals surface area contributed by atoms with Gasteiger partial charge in [0, 0.05) is 5.56 Å². The Bertz CT molecular complexity index is 858. The molecule has 0 aliphatic carbocycles. The van der Waals surface area contributed by atoms with E-state index in [1.165, 1.54) is 28.3 Å². The van der Waals surface area contributed by atoms with Gasteiger partial charge in [-0.1, -0.05) is 55.0 Å². The Hall–Kier alpha value is -2.61. The van der Waals surface area contributed by atoms with E-state index in [-0.39, 0.29) is 24.8 Å². The normalized spacial score (nSPS) is 15.8. The van der Waals surface area contributed by atoms with E-state index in [1.807, 2.05) is 24.3 Å². The highest BCUT2D eigenvalue weighted by atomic mass is 32.2. The van der Waals surface area contributed by atoms with Crippen LogP contribution in [0.3, 0.4) is 0 Å². The minimum absolute atomic E-state index is 0.114. The number of ether oxygens (including phenoxy) is 1. The molecule has 7 nitrogen and oxygen atoms in total. The number of nitrogens with zero attached hydrogens (tertiary/aromatic N) is 3. The first-order valence-corrected chi connectivity index (χ1v) is 9.71. The molecule has 0 unspecified atom stereocenters. The van der Waals surface area contributed by atoms with Gasteiger partial charge in [-0.2, -0.15) is 4.98 Å². The van der Waals surface area contributed by atoms with E-state index in [0.29, 0.717) is 22.7 Å². The number of thioether (sulfide) groups is 1. The summed E-state index contributed by atoms with van der Waals surface area (Å²) < 4.78 is 10.2. The van der Waals surface area contributed by atoms with Gasteiger partial charge in [0.2, 0.25) is 17.6 Å². The zero-order valence-corrected chi connectivity index (χ0v) is 16.3. The van der Waals surface area contributed by atoms with E-state index >= 15 is 0 Å². The lowest BCUT2D eigenvalue weighted by molar-refractivity contribution is -0.137. The van der Waals surface area contributed by atoms with Crippen molar-refractivity contribution in [2.75, 3.05) is 12.4 Å². The number of esters is 1. The van der Waals surface area contributed by atoms with Crippen molar-refractivity contribution >= 4 is 23.6 Å². The highest BCUT2D eigenvalue weighted by Crippen LogP contribution is 2.30. The summed E-state index contributed by atoms with van der Waals surface area (Å²) >= 11 is 1.29. The molecule has 1 aromatic carbocycles. The first-order valence-electron chi connectivity index (χ1n) is 8.72. The van der Waals surface area contributed by atoms with Crippen molar-refractivity contribution in [1.29, 1.82) is 0 Å². The van der Waals surface area contributed by atoms with Gasteiger partial charge in [0.15, 0.2) is 0 Å². The Morgan fingerprint density at radius 2 is 2.11 bits per heavy atom. The van der Waals surface area contributed by atoms with Gasteiger partial charge < -0.3 is 9.26 Å². The highest BCUT2D eigenvalue weighted by molar-refractivity contribution is 8.04. The van der Waals surface area contributed by atoms with Gasteiger partial charge in [0.25, 0.3) is 0 Å². The molecule has 1 fully saturated rings. The molecule has 0 N–H and O–H groups in total. The third-order valence-electron chi connectivity index (χ3n) is 4.04. The van der Waals surface area contributed by atoms with Gasteiger partial charge in [0.05, 0.1) is 23.5 Å². The SMILES string of the molecule is CCOC(=O)/C=C1\SCC(=O)N1Cc1nc(-c2ccc(C(C)C)cc2)no1. The summed E-state index contributed by atoms with van der Waals surface area (Å²) in [6, 6.07) is 7.98. The van der Waals surface area contributed by atoms with Crippen molar-refractivity contribution < 1.29 is 18.8 Å². The molecule has 0 bridgehead atoms. The third kappa shape index (κ3) is 4.57. The predicted molar refractivity (Wildman–Crippen MR) is 102 cm³/mol. The number of aromatic nitrogens is 2. The van der Waals surface area contributed by atoms with Gasteiger partial charge in [-0.25, -0.2) is 4.79 Å². The van der Waals surface area contributed by atoms with Gasteiger partial charge >= 0.3 is 5.97 Å². The van der Waals surface area contributed by atoms with Crippen molar-refractivity contribution in [1.82, 2.24) is 15.0 Å². The van der Waals surface area contributed by atoms with Crippen molar-refractivity contribution in [2.45, 2.75) is 33.2 Å². The van der Waals surface area contributed by atoms with Crippen LogP contribution in [0.15, 0.2) is 39.9 Å². The standard InChI is InChI=1S/C19H21N3O4S/c1-4-25-18(24)9-17-22(16(23)11-27-17)10-15-20-19(21-26-15)14-7-5-13(6-8-14)12(2)3/h5-9,12H,4,10-11H2,1-3H3/b17-9-. The Labute approximate surface area is 161 Å². The molecule has 0 saturated carbocycles. The number of carbonyl (C=O) groups excluding carboxylic acids is 2. The summed E-state index contributed by atoms with van der Waals surface area (Å²) in [5, 5.41) is 4.53. The predicted octanol–water partition coefficient (Wildman–Crippen LogP) is 3.34. The van der Waals surface area contributed by atoms with E-state index in [1.54, 1.807) is 6.92 Å². The molecule has 1 aliphatic rings. The van der Waals surface area contributed by atoms with Crippen molar-refractivity contribution in [3.8, 4) is 11.4 Å². The fourth-order valence-electron chi connectivity index (χ4n) is 2.57. The maximum atomic E-state index is 12.1. The number of rotatable bonds is 6. The summed E-state index contributed by atoms with van der Waals surface area (Å²) in [6.45, 7) is 6.40. The number of carbonyl (C=O) groups is 2. The lowest BCUT2D eigenvalue weighted by Gasteiger charge is -2.13. The molecule has 1 amide bonds. The van der Waals surface area contributed by atoms with E-state index in [9.17, 15) is 9.59 Å². The number of hydrogen-bond donors (Lipinski definition) is 0. The molecule has 142 valence electrons. The fourth-order valence-corrected chi connectivity index (χ4v) is 3.50. The molecule has 0 atom stereocenters. The van der Waals surface area contributed by atoms with Crippen LogP contribution in [0.1, 0.15) is 38.1 Å². The minimum atomic E-state index is -0.476. The van der Waals surface area contributed by atoms with Crippen LogP contribution in [0, 0.1) is 0 Å². The molecule has 2 heterocycles. The first-order chi connectivity index (χ1) is 13.0. The van der Waals surface area contributed by atoms with Crippen LogP contribution in [-0.4, -0.2) is 39.3 Å². The Morgan fingerprint density at radius 3 is 2.78 bits per heavy atom. The summed E-state index contributed by atoms with van der Waals surface area (Å²) in [5.41, 5.74) is 2.08. The van der Waals surface area contributed by atoms with E-state index < -0.39 is 5.97 Å². The van der Waals surface area contributed by atoms with Gasteiger partial charge in [-0.3, -0.25) is 9.69 Å². The number of hydrogen-bond acceptors (Lipinski definition) is 7. The molecule has 1 aliphatic heterocycles. The molecule has 1 saturated heterocycles. The lowest BCUT2D eigenvalue weighted by atomic mass is 10.0. The first kappa shape index (κ1) is 19.2. The molecule has 0 radical (unpaired) electrons. The Kier molecular flexibility index (Phi) is 5.95. The fraction of sp³-hybridized carbons (Fsp3) is 0.368. The van der Waals surface area contributed by atoms with Crippen LogP contribution in [0.2, 0.25) is 0 Å². The summed E-state index contributed by atoms with van der Waals surface area (Å²) in [5.74, 6) is 0.901. The summed E-state index contributed by atoms with van der Waals surface area (Å²) in [6.07, 6.45) is 1.32. The monoisotopic (exact) mass is 387 g/mol. The Balaban J connectivity index is 1.74. The molecule has 2 aromatic rings. The van der Waals surface area contributed by atoms with E-state index in [0.717, 1.165) is 5.56 Å². The zero-order chi connectivity index (χ0) is 19.4. The van der Waals surface area contributed by atoms with E-state index in [4.69, 9.17) is 9.26 Å². The summed E-state index contributed by atoms with van der Waals surface area (Å²) in [4.78, 5) is 29.6. The number of amides is 1. The minimum Gasteiger partial charge on any atom is -0.463 e. The van der Waals surface area contributed by atoms with Crippen molar-refractivity contribution in [3.05, 3.63) is 46.8 Å². The van der Waals surface area contributed by atoms with Crippen LogP contribution in [0.4, 0.5) is 0 Å². The molecule has 1 aromatic heterocycles. The molecule has 0 spiro atoms. The topological polar surface area (TPSA) is 85.5 Å².